The summed E-state index contributed by atoms with van der Waals surface area (Å²) in [7, 11) is 1.69. The minimum Gasteiger partial charge on any atom is -0.381 e. The number of nitrogens with zero attached hydrogens (tertiary/aromatic N) is 2. The molecule has 2 atom stereocenters. The molecule has 92 valence electrons. The molecule has 1 amide bonds. The fraction of sp³-hybridized carbons (Fsp3) is 0.545. The lowest BCUT2D eigenvalue weighted by atomic mass is 10.2. The number of amides is 1. The van der Waals surface area contributed by atoms with Gasteiger partial charge in [0.05, 0.1) is 18.5 Å². The van der Waals surface area contributed by atoms with Crippen molar-refractivity contribution >= 4 is 17.5 Å². The molecule has 1 saturated carbocycles. The number of aromatic nitrogens is 2. The van der Waals surface area contributed by atoms with E-state index in [2.05, 4.69) is 15.3 Å². The minimum absolute atomic E-state index is 0.157. The van der Waals surface area contributed by atoms with E-state index in [9.17, 15) is 4.79 Å². The first kappa shape index (κ1) is 12.3. The Hall–Kier alpha value is -1.20. The molecule has 1 N–H and O–H groups in total. The van der Waals surface area contributed by atoms with Crippen molar-refractivity contribution in [2.75, 3.05) is 7.11 Å². The van der Waals surface area contributed by atoms with Crippen LogP contribution >= 0.6 is 11.6 Å². The molecule has 0 saturated heterocycles. The minimum atomic E-state index is -0.212. The van der Waals surface area contributed by atoms with Gasteiger partial charge in [0.25, 0.3) is 5.91 Å². The van der Waals surface area contributed by atoms with Crippen LogP contribution in [0.25, 0.3) is 0 Å². The number of methoxy groups -OCH3 is 1. The monoisotopic (exact) mass is 255 g/mol. The van der Waals surface area contributed by atoms with Crippen LogP contribution in [0.15, 0.2) is 12.4 Å². The molecule has 17 heavy (non-hydrogen) atoms. The lowest BCUT2D eigenvalue weighted by Gasteiger charge is -2.12. The van der Waals surface area contributed by atoms with Crippen molar-refractivity contribution in [3.63, 3.8) is 0 Å². The van der Waals surface area contributed by atoms with Crippen LogP contribution < -0.4 is 5.32 Å². The molecule has 0 bridgehead atoms. The van der Waals surface area contributed by atoms with Gasteiger partial charge < -0.3 is 10.1 Å². The van der Waals surface area contributed by atoms with E-state index in [4.69, 9.17) is 16.3 Å². The van der Waals surface area contributed by atoms with Crippen LogP contribution in [0.4, 0.5) is 0 Å². The Kier molecular flexibility index (Phi) is 3.91. The van der Waals surface area contributed by atoms with E-state index in [-0.39, 0.29) is 28.9 Å². The second-order valence-electron chi connectivity index (χ2n) is 4.07. The quantitative estimate of drug-likeness (QED) is 0.887. The Bertz CT molecular complexity index is 396. The zero-order valence-corrected chi connectivity index (χ0v) is 10.3. The van der Waals surface area contributed by atoms with Crippen molar-refractivity contribution in [1.29, 1.82) is 0 Å². The van der Waals surface area contributed by atoms with Crippen LogP contribution in [-0.4, -0.2) is 35.1 Å². The number of ether oxygens (including phenoxy) is 1. The predicted octanol–water partition coefficient (Wildman–Crippen LogP) is 1.43. The van der Waals surface area contributed by atoms with E-state index in [1.165, 1.54) is 12.4 Å². The standard InChI is InChI=1S/C11H14ClN3O2/c1-17-8-3-2-7(4-8)15-11(16)9-5-14-10(12)6-13-9/h5-8H,2-4H2,1H3,(H,15,16). The van der Waals surface area contributed by atoms with E-state index in [0.29, 0.717) is 0 Å². The van der Waals surface area contributed by atoms with Gasteiger partial charge in [0, 0.05) is 13.2 Å². The average molecular weight is 256 g/mol. The molecule has 1 aromatic heterocycles. The number of hydrogen-bond donors (Lipinski definition) is 1. The molecule has 0 radical (unpaired) electrons. The summed E-state index contributed by atoms with van der Waals surface area (Å²) in [6, 6.07) is 0.157. The van der Waals surface area contributed by atoms with E-state index >= 15 is 0 Å². The summed E-state index contributed by atoms with van der Waals surface area (Å²) in [6.07, 6.45) is 5.75. The second-order valence-corrected chi connectivity index (χ2v) is 4.45. The smallest absolute Gasteiger partial charge is 0.271 e. The van der Waals surface area contributed by atoms with Gasteiger partial charge in [0.2, 0.25) is 0 Å². The van der Waals surface area contributed by atoms with Gasteiger partial charge in [0.15, 0.2) is 0 Å². The van der Waals surface area contributed by atoms with E-state index in [1.54, 1.807) is 7.11 Å². The third-order valence-corrected chi connectivity index (χ3v) is 3.10. The first-order valence-corrected chi connectivity index (χ1v) is 5.88. The Balaban J connectivity index is 1.91. The predicted molar refractivity (Wildman–Crippen MR) is 62.9 cm³/mol. The fourth-order valence-corrected chi connectivity index (χ4v) is 2.07. The third kappa shape index (κ3) is 3.14. The summed E-state index contributed by atoms with van der Waals surface area (Å²) < 4.78 is 5.25. The van der Waals surface area contributed by atoms with Gasteiger partial charge in [-0.1, -0.05) is 11.6 Å². The highest BCUT2D eigenvalue weighted by Gasteiger charge is 2.26. The molecule has 1 fully saturated rings. The van der Waals surface area contributed by atoms with Crippen molar-refractivity contribution in [3.05, 3.63) is 23.2 Å². The highest BCUT2D eigenvalue weighted by Crippen LogP contribution is 2.21. The van der Waals surface area contributed by atoms with Gasteiger partial charge >= 0.3 is 0 Å². The summed E-state index contributed by atoms with van der Waals surface area (Å²) >= 11 is 5.60. The Morgan fingerprint density at radius 1 is 1.47 bits per heavy atom. The summed E-state index contributed by atoms with van der Waals surface area (Å²) in [5.41, 5.74) is 0.287. The van der Waals surface area contributed by atoms with Gasteiger partial charge in [-0.15, -0.1) is 0 Å². The molecule has 2 unspecified atom stereocenters. The number of carbonyl (C=O) groups is 1. The zero-order chi connectivity index (χ0) is 12.3. The SMILES string of the molecule is COC1CCC(NC(=O)c2cnc(Cl)cn2)C1. The number of rotatable bonds is 3. The van der Waals surface area contributed by atoms with Crippen molar-refractivity contribution in [2.24, 2.45) is 0 Å². The van der Waals surface area contributed by atoms with E-state index in [1.807, 2.05) is 0 Å². The average Bonchev–Trinajstić information content (AvgIpc) is 2.77. The maximum atomic E-state index is 11.8. The van der Waals surface area contributed by atoms with Crippen LogP contribution in [-0.2, 0) is 4.74 Å². The second kappa shape index (κ2) is 5.42. The molecule has 1 aromatic rings. The Morgan fingerprint density at radius 2 is 2.29 bits per heavy atom. The van der Waals surface area contributed by atoms with Crippen molar-refractivity contribution < 1.29 is 9.53 Å². The summed E-state index contributed by atoms with van der Waals surface area (Å²) in [5.74, 6) is -0.212. The van der Waals surface area contributed by atoms with Gasteiger partial charge in [0.1, 0.15) is 10.8 Å². The van der Waals surface area contributed by atoms with Crippen LogP contribution in [0.5, 0.6) is 0 Å². The van der Waals surface area contributed by atoms with Crippen LogP contribution in [0.3, 0.4) is 0 Å². The van der Waals surface area contributed by atoms with E-state index in [0.717, 1.165) is 19.3 Å². The van der Waals surface area contributed by atoms with Gasteiger partial charge in [-0.25, -0.2) is 9.97 Å². The van der Waals surface area contributed by atoms with Crippen molar-refractivity contribution in [2.45, 2.75) is 31.4 Å². The normalized spacial score (nSPS) is 23.6. The summed E-state index contributed by atoms with van der Waals surface area (Å²) in [4.78, 5) is 19.6. The van der Waals surface area contributed by atoms with Crippen LogP contribution in [0.1, 0.15) is 29.8 Å². The Morgan fingerprint density at radius 3 is 2.88 bits per heavy atom. The van der Waals surface area contributed by atoms with Gasteiger partial charge in [-0.05, 0) is 19.3 Å². The fourth-order valence-electron chi connectivity index (χ4n) is 1.97. The number of halogens is 1. The van der Waals surface area contributed by atoms with Gasteiger partial charge in [-0.2, -0.15) is 0 Å². The number of hydrogen-bond acceptors (Lipinski definition) is 4. The van der Waals surface area contributed by atoms with Gasteiger partial charge in [-0.3, -0.25) is 4.79 Å². The molecule has 0 aliphatic heterocycles. The molecule has 0 spiro atoms. The van der Waals surface area contributed by atoms with Crippen molar-refractivity contribution in [3.8, 4) is 0 Å². The highest BCUT2D eigenvalue weighted by atomic mass is 35.5. The molecule has 1 aliphatic carbocycles. The maximum absolute atomic E-state index is 11.8. The summed E-state index contributed by atoms with van der Waals surface area (Å²) in [5, 5.41) is 3.19. The lowest BCUT2D eigenvalue weighted by Crippen LogP contribution is -2.34. The molecular formula is C11H14ClN3O2. The van der Waals surface area contributed by atoms with Crippen LogP contribution in [0.2, 0.25) is 5.15 Å². The van der Waals surface area contributed by atoms with E-state index < -0.39 is 0 Å². The zero-order valence-electron chi connectivity index (χ0n) is 9.52. The first-order chi connectivity index (χ1) is 8.19. The number of carbonyl (C=O) groups excluding carboxylic acids is 1. The molecule has 0 aromatic carbocycles. The van der Waals surface area contributed by atoms with Crippen LogP contribution in [0, 0.1) is 0 Å². The summed E-state index contributed by atoms with van der Waals surface area (Å²) in [6.45, 7) is 0. The molecular weight excluding hydrogens is 242 g/mol. The molecule has 2 rings (SSSR count). The topological polar surface area (TPSA) is 64.1 Å². The lowest BCUT2D eigenvalue weighted by molar-refractivity contribution is 0.0910. The largest absolute Gasteiger partial charge is 0.381 e. The molecule has 5 nitrogen and oxygen atoms in total. The third-order valence-electron chi connectivity index (χ3n) is 2.91. The van der Waals surface area contributed by atoms with Crippen molar-refractivity contribution in [1.82, 2.24) is 15.3 Å². The molecule has 1 aliphatic rings. The number of nitrogens with one attached hydrogen (secondary N) is 1. The first-order valence-electron chi connectivity index (χ1n) is 5.50. The molecule has 6 heteroatoms. The molecule has 1 heterocycles. The Labute approximate surface area is 105 Å². The highest BCUT2D eigenvalue weighted by molar-refractivity contribution is 6.29. The maximum Gasteiger partial charge on any atom is 0.271 e.